The van der Waals surface area contributed by atoms with Gasteiger partial charge in [-0.25, -0.2) is 0 Å². The van der Waals surface area contributed by atoms with Crippen LogP contribution in [0.3, 0.4) is 0 Å². The molecule has 1 heterocycles. The predicted molar refractivity (Wildman–Crippen MR) is 57.4 cm³/mol. The van der Waals surface area contributed by atoms with Gasteiger partial charge in [-0.2, -0.15) is 0 Å². The van der Waals surface area contributed by atoms with Crippen molar-refractivity contribution in [2.45, 2.75) is 0 Å². The fraction of sp³-hybridized carbons (Fsp3) is 0. The Labute approximate surface area is 86.9 Å². The summed E-state index contributed by atoms with van der Waals surface area (Å²) < 4.78 is 4.90. The van der Waals surface area contributed by atoms with Crippen LogP contribution in [0.4, 0.5) is 0 Å². The van der Waals surface area contributed by atoms with Crippen LogP contribution < -0.4 is 0 Å². The second-order valence-electron chi connectivity index (χ2n) is 3.17. The fourth-order valence-corrected chi connectivity index (χ4v) is 1.28. The van der Waals surface area contributed by atoms with Crippen LogP contribution in [0.5, 0.6) is 11.5 Å². The Bertz CT molecular complexity index is 449. The first-order chi connectivity index (χ1) is 7.24. The van der Waals surface area contributed by atoms with Gasteiger partial charge in [-0.05, 0) is 23.8 Å². The third kappa shape index (κ3) is 2.40. The quantitative estimate of drug-likeness (QED) is 0.787. The topological polar surface area (TPSA) is 53.6 Å². The molecule has 0 spiro atoms. The van der Waals surface area contributed by atoms with Crippen molar-refractivity contribution in [1.82, 2.24) is 0 Å². The Kier molecular flexibility index (Phi) is 2.46. The van der Waals surface area contributed by atoms with Crippen molar-refractivity contribution in [3.63, 3.8) is 0 Å². The molecule has 0 bridgehead atoms. The minimum atomic E-state index is 0.0434. The molecule has 0 saturated heterocycles. The first kappa shape index (κ1) is 9.40. The van der Waals surface area contributed by atoms with Crippen LogP contribution in [0.2, 0.25) is 0 Å². The molecule has 0 aliphatic carbocycles. The van der Waals surface area contributed by atoms with Crippen LogP contribution in [0, 0.1) is 0 Å². The fourth-order valence-electron chi connectivity index (χ4n) is 1.28. The van der Waals surface area contributed by atoms with Crippen molar-refractivity contribution in [2.75, 3.05) is 0 Å². The number of benzene rings is 1. The maximum atomic E-state index is 9.24. The summed E-state index contributed by atoms with van der Waals surface area (Å²) in [5, 5.41) is 18.5. The second-order valence-corrected chi connectivity index (χ2v) is 3.17. The second kappa shape index (κ2) is 3.92. The van der Waals surface area contributed by atoms with Crippen molar-refractivity contribution in [1.29, 1.82) is 0 Å². The van der Waals surface area contributed by atoms with Gasteiger partial charge in [0.25, 0.3) is 0 Å². The standard InChI is InChI=1S/C12H10O3/c13-11-5-10(6-12(14)7-11)2-1-9-3-4-15-8-9/h1-8,13-14H/b2-1+. The van der Waals surface area contributed by atoms with Crippen LogP contribution in [-0.4, -0.2) is 10.2 Å². The van der Waals surface area contributed by atoms with E-state index in [4.69, 9.17) is 4.42 Å². The Hall–Kier alpha value is -2.16. The summed E-state index contributed by atoms with van der Waals surface area (Å²) in [5.41, 5.74) is 1.66. The van der Waals surface area contributed by atoms with E-state index in [0.717, 1.165) is 11.1 Å². The van der Waals surface area contributed by atoms with E-state index in [9.17, 15) is 10.2 Å². The van der Waals surface area contributed by atoms with Gasteiger partial charge < -0.3 is 14.6 Å². The Morgan fingerprint density at radius 2 is 1.60 bits per heavy atom. The van der Waals surface area contributed by atoms with E-state index < -0.39 is 0 Å². The average Bonchev–Trinajstić information content (AvgIpc) is 2.65. The first-order valence-corrected chi connectivity index (χ1v) is 4.47. The number of phenolic OH excluding ortho intramolecular Hbond substituents is 2. The molecule has 0 atom stereocenters. The lowest BCUT2D eigenvalue weighted by Crippen LogP contribution is -1.72. The largest absolute Gasteiger partial charge is 0.508 e. The maximum absolute atomic E-state index is 9.24. The highest BCUT2D eigenvalue weighted by molar-refractivity contribution is 5.70. The molecule has 0 saturated carbocycles. The zero-order valence-corrected chi connectivity index (χ0v) is 7.92. The van der Waals surface area contributed by atoms with E-state index in [0.29, 0.717) is 0 Å². The smallest absolute Gasteiger partial charge is 0.119 e. The maximum Gasteiger partial charge on any atom is 0.119 e. The SMILES string of the molecule is Oc1cc(O)cc(/C=C/c2ccoc2)c1. The van der Waals surface area contributed by atoms with Gasteiger partial charge in [0.05, 0.1) is 12.5 Å². The number of phenols is 2. The van der Waals surface area contributed by atoms with Gasteiger partial charge in [0.2, 0.25) is 0 Å². The molecule has 1 aromatic heterocycles. The molecule has 0 amide bonds. The van der Waals surface area contributed by atoms with Gasteiger partial charge in [0.1, 0.15) is 11.5 Å². The molecule has 76 valence electrons. The summed E-state index contributed by atoms with van der Waals surface area (Å²) in [7, 11) is 0. The van der Waals surface area contributed by atoms with E-state index in [1.165, 1.54) is 6.07 Å². The average molecular weight is 202 g/mol. The molecule has 0 fully saturated rings. The van der Waals surface area contributed by atoms with Gasteiger partial charge >= 0.3 is 0 Å². The zero-order valence-electron chi connectivity index (χ0n) is 7.92. The predicted octanol–water partition coefficient (Wildman–Crippen LogP) is 2.86. The van der Waals surface area contributed by atoms with Crippen LogP contribution in [0.25, 0.3) is 12.2 Å². The van der Waals surface area contributed by atoms with Gasteiger partial charge in [-0.3, -0.25) is 0 Å². The summed E-state index contributed by atoms with van der Waals surface area (Å²) in [4.78, 5) is 0. The number of hydrogen-bond donors (Lipinski definition) is 2. The van der Waals surface area contributed by atoms with Gasteiger partial charge in [0, 0.05) is 11.6 Å². The van der Waals surface area contributed by atoms with Crippen LogP contribution in [-0.2, 0) is 0 Å². The lowest BCUT2D eigenvalue weighted by Gasteiger charge is -1.97. The summed E-state index contributed by atoms with van der Waals surface area (Å²) in [5.74, 6) is 0.0867. The molecule has 1 aromatic carbocycles. The highest BCUT2D eigenvalue weighted by atomic mass is 16.3. The van der Waals surface area contributed by atoms with E-state index in [-0.39, 0.29) is 11.5 Å². The van der Waals surface area contributed by atoms with Gasteiger partial charge in [-0.15, -0.1) is 0 Å². The number of aromatic hydroxyl groups is 2. The number of hydrogen-bond acceptors (Lipinski definition) is 3. The molecule has 3 heteroatoms. The normalized spacial score (nSPS) is 10.9. The van der Waals surface area contributed by atoms with Crippen molar-refractivity contribution in [3.05, 3.63) is 47.9 Å². The monoisotopic (exact) mass is 202 g/mol. The molecule has 15 heavy (non-hydrogen) atoms. The van der Waals surface area contributed by atoms with Crippen molar-refractivity contribution in [2.24, 2.45) is 0 Å². The van der Waals surface area contributed by atoms with Crippen LogP contribution >= 0.6 is 0 Å². The molecule has 2 aromatic rings. The highest BCUT2D eigenvalue weighted by Crippen LogP contribution is 2.21. The Morgan fingerprint density at radius 1 is 0.933 bits per heavy atom. The minimum absolute atomic E-state index is 0.0434. The minimum Gasteiger partial charge on any atom is -0.508 e. The molecule has 0 aliphatic heterocycles. The molecule has 0 unspecified atom stereocenters. The highest BCUT2D eigenvalue weighted by Gasteiger charge is 1.95. The van der Waals surface area contributed by atoms with Gasteiger partial charge in [0.15, 0.2) is 0 Å². The zero-order chi connectivity index (χ0) is 10.7. The third-order valence-corrected chi connectivity index (χ3v) is 1.94. The molecule has 3 nitrogen and oxygen atoms in total. The van der Waals surface area contributed by atoms with Crippen LogP contribution in [0.1, 0.15) is 11.1 Å². The molecular weight excluding hydrogens is 192 g/mol. The van der Waals surface area contributed by atoms with Crippen molar-refractivity contribution in [3.8, 4) is 11.5 Å². The first-order valence-electron chi connectivity index (χ1n) is 4.47. The van der Waals surface area contributed by atoms with Gasteiger partial charge in [-0.1, -0.05) is 12.2 Å². The molecule has 2 N–H and O–H groups in total. The Balaban J connectivity index is 2.24. The number of furan rings is 1. The van der Waals surface area contributed by atoms with E-state index in [1.54, 1.807) is 30.7 Å². The lowest BCUT2D eigenvalue weighted by molar-refractivity contribution is 0.450. The summed E-state index contributed by atoms with van der Waals surface area (Å²) in [6.45, 7) is 0. The molecular formula is C12H10O3. The molecule has 2 rings (SSSR count). The summed E-state index contributed by atoms with van der Waals surface area (Å²) >= 11 is 0. The van der Waals surface area contributed by atoms with E-state index in [1.807, 2.05) is 12.1 Å². The molecule has 0 aliphatic rings. The number of rotatable bonds is 2. The van der Waals surface area contributed by atoms with E-state index >= 15 is 0 Å². The third-order valence-electron chi connectivity index (χ3n) is 1.94. The van der Waals surface area contributed by atoms with Crippen molar-refractivity contribution < 1.29 is 14.6 Å². The summed E-state index contributed by atoms with van der Waals surface area (Å²) in [6.07, 6.45) is 6.81. The Morgan fingerprint density at radius 3 is 2.20 bits per heavy atom. The summed E-state index contributed by atoms with van der Waals surface area (Å²) in [6, 6.07) is 6.24. The van der Waals surface area contributed by atoms with Crippen molar-refractivity contribution >= 4 is 12.2 Å². The van der Waals surface area contributed by atoms with Crippen LogP contribution in [0.15, 0.2) is 41.2 Å². The lowest BCUT2D eigenvalue weighted by atomic mass is 10.1. The molecule has 0 radical (unpaired) electrons. The van der Waals surface area contributed by atoms with E-state index in [2.05, 4.69) is 0 Å².